The van der Waals surface area contributed by atoms with Gasteiger partial charge in [-0.1, -0.05) is 23.7 Å². The molecule has 0 aliphatic rings. The van der Waals surface area contributed by atoms with Crippen LogP contribution in [0, 0.1) is 17.0 Å². The predicted molar refractivity (Wildman–Crippen MR) is 118 cm³/mol. The van der Waals surface area contributed by atoms with E-state index in [0.29, 0.717) is 29.5 Å². The first kappa shape index (κ1) is 25.5. The van der Waals surface area contributed by atoms with E-state index in [1.165, 1.54) is 25.5 Å². The van der Waals surface area contributed by atoms with Crippen molar-refractivity contribution in [3.8, 4) is 0 Å². The molecule has 2 heterocycles. The summed E-state index contributed by atoms with van der Waals surface area (Å²) in [4.78, 5) is 7.76. The van der Waals surface area contributed by atoms with Crippen molar-refractivity contribution in [3.05, 3.63) is 94.0 Å². The molecule has 12 heteroatoms. The first-order valence-electron chi connectivity index (χ1n) is 9.85. The maximum Gasteiger partial charge on any atom is 0.323 e. The van der Waals surface area contributed by atoms with Gasteiger partial charge in [-0.05, 0) is 35.4 Å². The molecular formula is C22H21ClF4N6O. The van der Waals surface area contributed by atoms with Crippen LogP contribution in [0.4, 0.5) is 17.6 Å². The van der Waals surface area contributed by atoms with Gasteiger partial charge in [0.1, 0.15) is 22.5 Å². The van der Waals surface area contributed by atoms with Gasteiger partial charge in [0.05, 0.1) is 12.9 Å². The molecule has 0 fully saturated rings. The minimum Gasteiger partial charge on any atom is -0.377 e. The van der Waals surface area contributed by atoms with E-state index in [-0.39, 0.29) is 0 Å². The first-order chi connectivity index (χ1) is 16.0. The molecule has 34 heavy (non-hydrogen) atoms. The number of benzene rings is 1. The number of alkyl halides is 2. The quantitative estimate of drug-likeness (QED) is 0.104. The van der Waals surface area contributed by atoms with Gasteiger partial charge in [0.15, 0.2) is 5.60 Å². The molecule has 1 aromatic carbocycles. The summed E-state index contributed by atoms with van der Waals surface area (Å²) in [5.41, 5.74) is -3.68. The van der Waals surface area contributed by atoms with E-state index < -0.39 is 41.0 Å². The highest BCUT2D eigenvalue weighted by atomic mass is 35.5. The summed E-state index contributed by atoms with van der Waals surface area (Å²) >= 11 is 5.76. The summed E-state index contributed by atoms with van der Waals surface area (Å²) in [6.07, 6.45) is 3.65. The standard InChI is InChI=1S/C22H21ClF4N6O/c1-32(29)33(13-28)12-21(34,17-5-4-16(24)9-18(17)25)22(26,27)19-6-2-14(10-30-19)8-15-3-7-20(23)31-11-15/h2-7,9-11,13,28,34H,8,12,29H2,1H3. The predicted octanol–water partition coefficient (Wildman–Crippen LogP) is 3.61. The topological polar surface area (TPSA) is 102 Å². The van der Waals surface area contributed by atoms with Crippen LogP contribution in [0.3, 0.4) is 0 Å². The number of rotatable bonds is 9. The molecular weight excluding hydrogens is 476 g/mol. The SMILES string of the molecule is CN(N)N(C=N)CC(O)(c1ccc(F)cc1F)C(F)(F)c1ccc(Cc2ccc(Cl)nc2)cn1. The molecule has 0 saturated heterocycles. The monoisotopic (exact) mass is 496 g/mol. The van der Waals surface area contributed by atoms with Gasteiger partial charge < -0.3 is 5.11 Å². The van der Waals surface area contributed by atoms with Gasteiger partial charge >= 0.3 is 5.92 Å². The highest BCUT2D eigenvalue weighted by Gasteiger charge is 2.58. The lowest BCUT2D eigenvalue weighted by Crippen LogP contribution is -2.56. The maximum absolute atomic E-state index is 15.8. The highest BCUT2D eigenvalue weighted by molar-refractivity contribution is 6.29. The molecule has 4 N–H and O–H groups in total. The Morgan fingerprint density at radius 3 is 2.24 bits per heavy atom. The van der Waals surface area contributed by atoms with Crippen molar-refractivity contribution >= 4 is 17.9 Å². The van der Waals surface area contributed by atoms with E-state index in [4.69, 9.17) is 22.9 Å². The van der Waals surface area contributed by atoms with Crippen molar-refractivity contribution in [1.29, 1.82) is 5.41 Å². The highest BCUT2D eigenvalue weighted by Crippen LogP contribution is 2.46. The number of hydrazine groups is 2. The number of aromatic nitrogens is 2. The Balaban J connectivity index is 2.01. The van der Waals surface area contributed by atoms with E-state index in [1.54, 1.807) is 12.1 Å². The number of pyridine rings is 2. The van der Waals surface area contributed by atoms with Gasteiger partial charge in [-0.25, -0.2) is 13.8 Å². The average molecular weight is 497 g/mol. The minimum absolute atomic E-state index is 0.311. The molecule has 1 atom stereocenters. The van der Waals surface area contributed by atoms with Gasteiger partial charge in [0.25, 0.3) is 0 Å². The number of nitrogens with zero attached hydrogens (tertiary/aromatic N) is 4. The van der Waals surface area contributed by atoms with Crippen LogP contribution in [0.25, 0.3) is 0 Å². The summed E-state index contributed by atoms with van der Waals surface area (Å²) in [7, 11) is 1.24. The lowest BCUT2D eigenvalue weighted by Gasteiger charge is -2.40. The van der Waals surface area contributed by atoms with Gasteiger partial charge in [0.2, 0.25) is 0 Å². The fourth-order valence-electron chi connectivity index (χ4n) is 3.33. The molecule has 7 nitrogen and oxygen atoms in total. The maximum atomic E-state index is 15.8. The lowest BCUT2D eigenvalue weighted by molar-refractivity contribution is -0.213. The molecule has 3 aromatic rings. The minimum atomic E-state index is -4.18. The van der Waals surface area contributed by atoms with Crippen LogP contribution in [-0.4, -0.2) is 45.1 Å². The Kier molecular flexibility index (Phi) is 7.51. The number of aliphatic hydroxyl groups is 1. The second-order valence-electron chi connectivity index (χ2n) is 7.58. The van der Waals surface area contributed by atoms with Crippen molar-refractivity contribution in [2.45, 2.75) is 17.9 Å². The van der Waals surface area contributed by atoms with Crippen LogP contribution in [0.5, 0.6) is 0 Å². The molecule has 0 radical (unpaired) electrons. The molecule has 180 valence electrons. The van der Waals surface area contributed by atoms with E-state index in [9.17, 15) is 13.9 Å². The number of halogens is 5. The van der Waals surface area contributed by atoms with Crippen molar-refractivity contribution in [2.24, 2.45) is 5.84 Å². The molecule has 3 rings (SSSR count). The van der Waals surface area contributed by atoms with Crippen LogP contribution in [0.2, 0.25) is 5.15 Å². The Morgan fingerprint density at radius 1 is 1.09 bits per heavy atom. The summed E-state index contributed by atoms with van der Waals surface area (Å²) in [5.74, 6) is -1.03. The normalized spacial score (nSPS) is 13.6. The third-order valence-corrected chi connectivity index (χ3v) is 5.41. The Morgan fingerprint density at radius 2 is 1.74 bits per heavy atom. The van der Waals surface area contributed by atoms with Crippen molar-refractivity contribution in [2.75, 3.05) is 13.6 Å². The van der Waals surface area contributed by atoms with E-state index >= 15 is 8.78 Å². The number of hydrogen-bond donors (Lipinski definition) is 3. The first-order valence-corrected chi connectivity index (χ1v) is 10.2. The summed E-state index contributed by atoms with van der Waals surface area (Å²) in [6, 6.07) is 7.56. The van der Waals surface area contributed by atoms with Crippen LogP contribution < -0.4 is 5.84 Å². The average Bonchev–Trinajstić information content (AvgIpc) is 2.79. The summed E-state index contributed by atoms with van der Waals surface area (Å²) < 4.78 is 59.6. The Hall–Kier alpha value is -3.12. The smallest absolute Gasteiger partial charge is 0.323 e. The molecule has 0 saturated carbocycles. The number of nitrogens with two attached hydrogens (primary N) is 1. The van der Waals surface area contributed by atoms with Crippen molar-refractivity contribution in [1.82, 2.24) is 20.1 Å². The van der Waals surface area contributed by atoms with Crippen LogP contribution in [0.15, 0.2) is 54.9 Å². The van der Waals surface area contributed by atoms with E-state index in [2.05, 4.69) is 9.97 Å². The van der Waals surface area contributed by atoms with Crippen molar-refractivity contribution < 1.29 is 22.7 Å². The number of nitrogens with one attached hydrogen (secondary N) is 1. The molecule has 0 spiro atoms. The molecule has 2 aromatic heterocycles. The second-order valence-corrected chi connectivity index (χ2v) is 7.96. The molecule has 1 unspecified atom stereocenters. The van der Waals surface area contributed by atoms with E-state index in [1.807, 2.05) is 0 Å². The molecule has 0 aliphatic carbocycles. The Labute approximate surface area is 197 Å². The third kappa shape index (κ3) is 5.17. The molecule has 0 aliphatic heterocycles. The van der Waals surface area contributed by atoms with Crippen LogP contribution in [-0.2, 0) is 17.9 Å². The largest absolute Gasteiger partial charge is 0.377 e. The zero-order valence-electron chi connectivity index (χ0n) is 17.9. The van der Waals surface area contributed by atoms with Gasteiger partial charge in [-0.3, -0.25) is 21.2 Å². The van der Waals surface area contributed by atoms with Gasteiger partial charge in [-0.2, -0.15) is 13.9 Å². The fraction of sp³-hybridized carbons (Fsp3) is 0.227. The lowest BCUT2D eigenvalue weighted by atomic mass is 9.84. The van der Waals surface area contributed by atoms with Crippen LogP contribution in [0.1, 0.15) is 22.4 Å². The molecule has 0 amide bonds. The van der Waals surface area contributed by atoms with Crippen molar-refractivity contribution in [3.63, 3.8) is 0 Å². The zero-order valence-corrected chi connectivity index (χ0v) is 18.6. The Bertz CT molecular complexity index is 1150. The van der Waals surface area contributed by atoms with Crippen LogP contribution >= 0.6 is 11.6 Å². The molecule has 0 bridgehead atoms. The van der Waals surface area contributed by atoms with E-state index in [0.717, 1.165) is 33.9 Å². The summed E-state index contributed by atoms with van der Waals surface area (Å²) in [6.45, 7) is -1.03. The fourth-order valence-corrected chi connectivity index (χ4v) is 3.45. The third-order valence-electron chi connectivity index (χ3n) is 5.18. The summed E-state index contributed by atoms with van der Waals surface area (Å²) in [5, 5.41) is 20.5. The zero-order chi connectivity index (χ0) is 25.1. The van der Waals surface area contributed by atoms with Gasteiger partial charge in [-0.15, -0.1) is 0 Å². The number of hydrogen-bond acceptors (Lipinski definition) is 6. The second kappa shape index (κ2) is 10.0. The van der Waals surface area contributed by atoms with Gasteiger partial charge in [0, 0.05) is 37.5 Å².